The molecule has 0 aromatic carbocycles. The fourth-order valence-electron chi connectivity index (χ4n) is 8.84. The van der Waals surface area contributed by atoms with Crippen molar-refractivity contribution in [2.75, 3.05) is 178 Å². The van der Waals surface area contributed by atoms with E-state index in [0.717, 1.165) is 0 Å². The van der Waals surface area contributed by atoms with E-state index in [1.165, 1.54) is 0 Å². The van der Waals surface area contributed by atoms with Gasteiger partial charge in [-0.15, -0.1) is 0 Å². The van der Waals surface area contributed by atoms with E-state index < -0.39 is 117 Å². The first-order chi connectivity index (χ1) is 41.9. The zero-order valence-electron chi connectivity index (χ0n) is 50.9. The zero-order valence-corrected chi connectivity index (χ0v) is 50.9. The molecule has 0 saturated carbocycles. The fourth-order valence-corrected chi connectivity index (χ4v) is 8.84. The van der Waals surface area contributed by atoms with Crippen molar-refractivity contribution >= 4 is 23.6 Å². The second kappa shape index (κ2) is 46.1. The second-order valence-corrected chi connectivity index (χ2v) is 21.1. The predicted molar refractivity (Wildman–Crippen MR) is 300 cm³/mol. The second-order valence-electron chi connectivity index (χ2n) is 21.1. The number of aliphatic hydroxyl groups excluding tert-OH is 9. The van der Waals surface area contributed by atoms with Crippen LogP contribution < -0.4 is 21.3 Å². The van der Waals surface area contributed by atoms with E-state index in [1.807, 2.05) is 0 Å². The molecular weight excluding hydrogens is 1160 g/mol. The van der Waals surface area contributed by atoms with Crippen LogP contribution in [0.1, 0.15) is 53.4 Å². The summed E-state index contributed by atoms with van der Waals surface area (Å²) in [7, 11) is 0. The van der Waals surface area contributed by atoms with Gasteiger partial charge in [0.15, 0.2) is 18.9 Å². The lowest BCUT2D eigenvalue weighted by atomic mass is 9.92. The van der Waals surface area contributed by atoms with Crippen LogP contribution in [0.3, 0.4) is 0 Å². The summed E-state index contributed by atoms with van der Waals surface area (Å²) in [6, 6.07) is 0. The van der Waals surface area contributed by atoms with Crippen molar-refractivity contribution < 1.29 is 136 Å². The van der Waals surface area contributed by atoms with E-state index in [2.05, 4.69) is 21.3 Å². The molecule has 15 unspecified atom stereocenters. The molecule has 510 valence electrons. The van der Waals surface area contributed by atoms with Crippen LogP contribution in [0.5, 0.6) is 0 Å². The van der Waals surface area contributed by atoms with Crippen molar-refractivity contribution in [1.82, 2.24) is 21.3 Å². The third-order valence-electron chi connectivity index (χ3n) is 14.2. The van der Waals surface area contributed by atoms with E-state index in [9.17, 15) is 65.1 Å². The average Bonchev–Trinajstić information content (AvgIpc) is 3.63. The normalized spacial score (nSPS) is 28.2. The van der Waals surface area contributed by atoms with Gasteiger partial charge in [-0.3, -0.25) is 19.2 Å². The Kier molecular flexibility index (Phi) is 41.4. The fraction of sp³-hybridized carbons (Fsp3) is 0.927. The molecule has 0 spiro atoms. The highest BCUT2D eigenvalue weighted by molar-refractivity contribution is 5.77. The van der Waals surface area contributed by atoms with Crippen molar-refractivity contribution in [3.8, 4) is 0 Å². The van der Waals surface area contributed by atoms with Gasteiger partial charge in [0.25, 0.3) is 0 Å². The number of nitrogens with one attached hydrogen (secondary N) is 4. The van der Waals surface area contributed by atoms with Crippen LogP contribution in [0.4, 0.5) is 0 Å². The Labute approximate surface area is 508 Å². The molecule has 3 rings (SSSR count). The highest BCUT2D eigenvalue weighted by Gasteiger charge is 2.45. The Morgan fingerprint density at radius 3 is 0.897 bits per heavy atom. The van der Waals surface area contributed by atoms with Gasteiger partial charge in [0.2, 0.25) is 23.6 Å². The third-order valence-corrected chi connectivity index (χ3v) is 14.2. The van der Waals surface area contributed by atoms with Crippen molar-refractivity contribution in [3.63, 3.8) is 0 Å². The number of aliphatic hydroxyl groups is 9. The van der Waals surface area contributed by atoms with E-state index in [-0.39, 0.29) is 208 Å². The average molecular weight is 1270 g/mol. The molecule has 32 nitrogen and oxygen atoms in total. The third kappa shape index (κ3) is 30.7. The molecule has 0 aromatic heterocycles. The minimum Gasteiger partial charge on any atom is -0.394 e. The smallest absolute Gasteiger partial charge is 0.222 e. The number of rotatable bonds is 50. The van der Waals surface area contributed by atoms with Crippen LogP contribution in [0.25, 0.3) is 0 Å². The summed E-state index contributed by atoms with van der Waals surface area (Å²) >= 11 is 0. The largest absolute Gasteiger partial charge is 0.394 e. The lowest BCUT2D eigenvalue weighted by molar-refractivity contribution is -0.284. The summed E-state index contributed by atoms with van der Waals surface area (Å²) in [6.45, 7) is 8.22. The minimum absolute atomic E-state index is 0.0387. The van der Waals surface area contributed by atoms with Gasteiger partial charge in [-0.2, -0.15) is 0 Å². The van der Waals surface area contributed by atoms with Gasteiger partial charge < -0.3 is 138 Å². The van der Waals surface area contributed by atoms with Gasteiger partial charge in [-0.1, -0.05) is 27.7 Å². The molecule has 32 heteroatoms. The number of hydrogen-bond acceptors (Lipinski definition) is 28. The first-order valence-corrected chi connectivity index (χ1v) is 29.9. The van der Waals surface area contributed by atoms with Crippen LogP contribution in [0.15, 0.2) is 0 Å². The molecule has 4 amide bonds. The summed E-state index contributed by atoms with van der Waals surface area (Å²) in [5.74, 6) is -2.90. The maximum Gasteiger partial charge on any atom is 0.222 e. The topological polar surface area (TPSA) is 437 Å². The molecule has 3 fully saturated rings. The molecule has 0 aromatic rings. The molecule has 15 atom stereocenters. The highest BCUT2D eigenvalue weighted by atomic mass is 16.7. The van der Waals surface area contributed by atoms with E-state index >= 15 is 0 Å². The first-order valence-electron chi connectivity index (χ1n) is 29.9. The number of carbonyl (C=O) groups excluding carboxylic acids is 4. The molecule has 3 aliphatic rings. The van der Waals surface area contributed by atoms with Crippen LogP contribution in [-0.4, -0.2) is 327 Å². The van der Waals surface area contributed by atoms with E-state index in [0.29, 0.717) is 0 Å². The van der Waals surface area contributed by atoms with Gasteiger partial charge in [-0.05, 0) is 0 Å². The highest BCUT2D eigenvalue weighted by Crippen LogP contribution is 2.29. The molecular formula is C55H102N4O28. The van der Waals surface area contributed by atoms with Crippen molar-refractivity contribution in [1.29, 1.82) is 0 Å². The van der Waals surface area contributed by atoms with Crippen LogP contribution in [0, 0.1) is 17.8 Å². The molecule has 3 saturated heterocycles. The summed E-state index contributed by atoms with van der Waals surface area (Å²) in [4.78, 5) is 51.0. The SMILES string of the molecule is CCC(=O)NC(COCCC(=O)NCCOCCOCCOC1OC(CO)C(O)C(O)C1C)(COCCC(=O)NCCOCCOCCOC1OC(CO)C(O)C(O)C1C)COCCC(=O)NCCOCCOCCOC1OC(CO)C(O)C(O)C1C. The molecule has 0 radical (unpaired) electrons. The van der Waals surface area contributed by atoms with Crippen molar-refractivity contribution in [3.05, 3.63) is 0 Å². The van der Waals surface area contributed by atoms with Gasteiger partial charge in [0, 0.05) is 63.1 Å². The maximum absolute atomic E-state index is 12.9. The van der Waals surface area contributed by atoms with Crippen molar-refractivity contribution in [2.24, 2.45) is 17.8 Å². The quantitative estimate of drug-likeness (QED) is 0.0252. The van der Waals surface area contributed by atoms with E-state index in [1.54, 1.807) is 27.7 Å². The molecule has 0 aliphatic carbocycles. The number of carbonyl (C=O) groups is 4. The Hall–Kier alpha value is -3.08. The van der Waals surface area contributed by atoms with Crippen LogP contribution in [-0.2, 0) is 90.2 Å². The summed E-state index contributed by atoms with van der Waals surface area (Å²) in [5, 5.41) is 99.9. The lowest BCUT2D eigenvalue weighted by Crippen LogP contribution is -2.58. The Bertz CT molecular complexity index is 1630. The lowest BCUT2D eigenvalue weighted by Gasteiger charge is -2.40. The Morgan fingerprint density at radius 2 is 0.632 bits per heavy atom. The van der Waals surface area contributed by atoms with Gasteiger partial charge >= 0.3 is 0 Å². The Balaban J connectivity index is 1.35. The number of amides is 4. The molecule has 3 aliphatic heterocycles. The van der Waals surface area contributed by atoms with Gasteiger partial charge in [0.05, 0.1) is 177 Å². The maximum atomic E-state index is 12.9. The molecule has 87 heavy (non-hydrogen) atoms. The molecule has 0 bridgehead atoms. The predicted octanol–water partition coefficient (Wildman–Crippen LogP) is -5.81. The van der Waals surface area contributed by atoms with Crippen molar-refractivity contribution in [2.45, 2.75) is 133 Å². The van der Waals surface area contributed by atoms with Gasteiger partial charge in [-0.25, -0.2) is 0 Å². The van der Waals surface area contributed by atoms with E-state index in [4.69, 9.17) is 71.1 Å². The van der Waals surface area contributed by atoms with Crippen LogP contribution in [0.2, 0.25) is 0 Å². The number of hydrogen-bond donors (Lipinski definition) is 13. The summed E-state index contributed by atoms with van der Waals surface area (Å²) in [5.41, 5.74) is -1.30. The minimum atomic E-state index is -1.30. The summed E-state index contributed by atoms with van der Waals surface area (Å²) in [6.07, 6.45) is -12.4. The van der Waals surface area contributed by atoms with Crippen LogP contribution >= 0.6 is 0 Å². The summed E-state index contributed by atoms with van der Waals surface area (Å²) < 4.78 is 84.4. The standard InChI is InChI=1S/C55H102N4O28/c1-5-42(63)59-55(33-79-12-6-43(64)56-9-15-73-18-21-76-24-27-82-52-36(2)46(67)49(70)39(30-60)85-52,34-80-13-7-44(65)57-10-16-74-19-22-77-25-28-83-53-37(3)47(68)50(71)40(31-61)86-53)35-81-14-8-45(66)58-11-17-75-20-23-78-26-29-84-54-38(4)48(69)51(72)41(32-62)87-54/h36-41,46-54,60-62,67-72H,5-35H2,1-4H3,(H,56,64)(H,57,65)(H,58,66)(H,59,63). The monoisotopic (exact) mass is 1270 g/mol. The molecule has 13 N–H and O–H groups in total. The first kappa shape index (κ1) is 78.2. The molecule has 3 heterocycles. The number of ether oxygens (including phenoxy) is 15. The zero-order chi connectivity index (χ0) is 63.8. The van der Waals surface area contributed by atoms with Gasteiger partial charge in [0.1, 0.15) is 42.2 Å². The Morgan fingerprint density at radius 1 is 0.368 bits per heavy atom.